The Morgan fingerprint density at radius 3 is 2.93 bits per heavy atom. The molecule has 1 atom stereocenters. The molecule has 1 aliphatic heterocycles. The van der Waals surface area contributed by atoms with Gasteiger partial charge in [-0.1, -0.05) is 17.2 Å². The maximum atomic E-state index is 5.87. The predicted molar refractivity (Wildman–Crippen MR) is 64.8 cm³/mol. The largest absolute Gasteiger partial charge is 0.461 e. The lowest BCUT2D eigenvalue weighted by Gasteiger charge is -2.28. The molecular formula is C12H21BO2. The van der Waals surface area contributed by atoms with Crippen LogP contribution in [-0.2, 0) is 9.31 Å². The second-order valence-electron chi connectivity index (χ2n) is 4.58. The van der Waals surface area contributed by atoms with Crippen molar-refractivity contribution in [2.75, 3.05) is 0 Å². The summed E-state index contributed by atoms with van der Waals surface area (Å²) in [6, 6.07) is 0. The van der Waals surface area contributed by atoms with Crippen LogP contribution in [0.2, 0.25) is 6.32 Å². The molecule has 0 bridgehead atoms. The molecule has 1 heterocycles. The molecule has 0 saturated carbocycles. The van der Waals surface area contributed by atoms with E-state index >= 15 is 0 Å². The van der Waals surface area contributed by atoms with Crippen LogP contribution in [0.15, 0.2) is 23.8 Å². The minimum atomic E-state index is -0.0851. The summed E-state index contributed by atoms with van der Waals surface area (Å²) in [6.07, 6.45) is 4.33. The smallest absolute Gasteiger partial charge is 0.409 e. The van der Waals surface area contributed by atoms with Gasteiger partial charge in [-0.25, -0.2) is 0 Å². The van der Waals surface area contributed by atoms with Gasteiger partial charge >= 0.3 is 7.12 Å². The van der Waals surface area contributed by atoms with Crippen molar-refractivity contribution >= 4 is 7.12 Å². The molecule has 0 spiro atoms. The van der Waals surface area contributed by atoms with E-state index < -0.39 is 0 Å². The van der Waals surface area contributed by atoms with Gasteiger partial charge in [0, 0.05) is 12.4 Å². The van der Waals surface area contributed by atoms with Gasteiger partial charge in [0.15, 0.2) is 0 Å². The highest BCUT2D eigenvalue weighted by Gasteiger charge is 2.28. The molecule has 0 amide bonds. The molecule has 2 nitrogen and oxygen atoms in total. The van der Waals surface area contributed by atoms with Crippen LogP contribution in [0.3, 0.4) is 0 Å². The Labute approximate surface area is 93.5 Å². The summed E-state index contributed by atoms with van der Waals surface area (Å²) in [4.78, 5) is 0. The Balaban J connectivity index is 2.54. The van der Waals surface area contributed by atoms with Gasteiger partial charge in [-0.15, -0.1) is 6.58 Å². The standard InChI is InChI=1S/C12H21BO2/c1-9(2)8-12-11(5)6-7-13(15-12)14-10(3)4/h6,10,12H,1,7-8H2,2-5H3/t12-/m0/s1. The van der Waals surface area contributed by atoms with Crippen molar-refractivity contribution in [2.45, 2.75) is 52.6 Å². The van der Waals surface area contributed by atoms with Crippen LogP contribution < -0.4 is 0 Å². The summed E-state index contributed by atoms with van der Waals surface area (Å²) < 4.78 is 11.5. The zero-order valence-electron chi connectivity index (χ0n) is 10.2. The van der Waals surface area contributed by atoms with Crippen LogP contribution in [0.25, 0.3) is 0 Å². The lowest BCUT2D eigenvalue weighted by Crippen LogP contribution is -2.34. The van der Waals surface area contributed by atoms with Crippen LogP contribution in [0.5, 0.6) is 0 Å². The fraction of sp³-hybridized carbons (Fsp3) is 0.667. The zero-order chi connectivity index (χ0) is 11.4. The van der Waals surface area contributed by atoms with Crippen molar-refractivity contribution in [1.29, 1.82) is 0 Å². The summed E-state index contributed by atoms with van der Waals surface area (Å²) in [5.41, 5.74) is 2.44. The Kier molecular flexibility index (Phi) is 4.61. The molecule has 0 aromatic rings. The van der Waals surface area contributed by atoms with Gasteiger partial charge in [-0.3, -0.25) is 0 Å². The first-order chi connectivity index (χ1) is 6.99. The average Bonchev–Trinajstić information content (AvgIpc) is 2.09. The summed E-state index contributed by atoms with van der Waals surface area (Å²) >= 11 is 0. The van der Waals surface area contributed by atoms with Crippen LogP contribution in [0, 0.1) is 0 Å². The summed E-state index contributed by atoms with van der Waals surface area (Å²) in [5.74, 6) is 0. The molecule has 84 valence electrons. The molecule has 0 N–H and O–H groups in total. The molecule has 0 unspecified atom stereocenters. The predicted octanol–water partition coefficient (Wildman–Crippen LogP) is 3.21. The van der Waals surface area contributed by atoms with Crippen molar-refractivity contribution in [3.8, 4) is 0 Å². The van der Waals surface area contributed by atoms with Gasteiger partial charge in [-0.05, 0) is 34.1 Å². The second-order valence-corrected chi connectivity index (χ2v) is 4.58. The Hall–Kier alpha value is -0.535. The molecule has 0 aromatic carbocycles. The zero-order valence-corrected chi connectivity index (χ0v) is 10.2. The average molecular weight is 208 g/mol. The SMILES string of the molecule is C=C(C)C[C@@H]1OB(OC(C)C)CC=C1C. The van der Waals surface area contributed by atoms with E-state index in [-0.39, 0.29) is 19.3 Å². The highest BCUT2D eigenvalue weighted by Crippen LogP contribution is 2.23. The molecular weight excluding hydrogens is 187 g/mol. The van der Waals surface area contributed by atoms with E-state index in [1.54, 1.807) is 0 Å². The van der Waals surface area contributed by atoms with E-state index in [0.29, 0.717) is 0 Å². The minimum absolute atomic E-state index is 0.0851. The molecule has 0 aromatic heterocycles. The third-order valence-electron chi connectivity index (χ3n) is 2.41. The Morgan fingerprint density at radius 1 is 1.73 bits per heavy atom. The van der Waals surface area contributed by atoms with Gasteiger partial charge in [0.1, 0.15) is 0 Å². The van der Waals surface area contributed by atoms with E-state index in [9.17, 15) is 0 Å². The van der Waals surface area contributed by atoms with Crippen molar-refractivity contribution in [1.82, 2.24) is 0 Å². The fourth-order valence-electron chi connectivity index (χ4n) is 1.68. The number of hydrogen-bond donors (Lipinski definition) is 0. The highest BCUT2D eigenvalue weighted by atomic mass is 16.6. The van der Waals surface area contributed by atoms with E-state index in [2.05, 4.69) is 19.6 Å². The first-order valence-corrected chi connectivity index (χ1v) is 5.61. The topological polar surface area (TPSA) is 18.5 Å². The summed E-state index contributed by atoms with van der Waals surface area (Å²) in [7, 11) is -0.0851. The minimum Gasteiger partial charge on any atom is -0.409 e. The molecule has 1 aliphatic rings. The van der Waals surface area contributed by atoms with Crippen LogP contribution in [0.1, 0.15) is 34.1 Å². The maximum absolute atomic E-state index is 5.87. The van der Waals surface area contributed by atoms with Crippen molar-refractivity contribution < 1.29 is 9.31 Å². The molecule has 1 rings (SSSR count). The van der Waals surface area contributed by atoms with Gasteiger partial charge in [-0.2, -0.15) is 0 Å². The van der Waals surface area contributed by atoms with Gasteiger partial charge < -0.3 is 9.31 Å². The quantitative estimate of drug-likeness (QED) is 0.521. The van der Waals surface area contributed by atoms with E-state index in [1.807, 2.05) is 20.8 Å². The molecule has 0 fully saturated rings. The highest BCUT2D eigenvalue weighted by molar-refractivity contribution is 6.45. The van der Waals surface area contributed by atoms with E-state index in [1.165, 1.54) is 5.57 Å². The Bertz CT molecular complexity index is 258. The first-order valence-electron chi connectivity index (χ1n) is 5.61. The molecule has 0 radical (unpaired) electrons. The lowest BCUT2D eigenvalue weighted by atomic mass is 9.78. The van der Waals surface area contributed by atoms with Gasteiger partial charge in [0.05, 0.1) is 6.10 Å². The fourth-order valence-corrected chi connectivity index (χ4v) is 1.68. The number of allylic oxidation sites excluding steroid dienone is 1. The normalized spacial score (nSPS) is 21.8. The van der Waals surface area contributed by atoms with E-state index in [4.69, 9.17) is 9.31 Å². The molecule has 0 saturated heterocycles. The van der Waals surface area contributed by atoms with Gasteiger partial charge in [0.2, 0.25) is 0 Å². The number of hydrogen-bond acceptors (Lipinski definition) is 2. The van der Waals surface area contributed by atoms with Gasteiger partial charge in [0.25, 0.3) is 0 Å². The van der Waals surface area contributed by atoms with Crippen molar-refractivity contribution in [3.05, 3.63) is 23.8 Å². The monoisotopic (exact) mass is 208 g/mol. The summed E-state index contributed by atoms with van der Waals surface area (Å²) in [5, 5.41) is 0. The summed E-state index contributed by atoms with van der Waals surface area (Å²) in [6.45, 7) is 12.1. The number of rotatable bonds is 4. The Morgan fingerprint density at radius 2 is 2.40 bits per heavy atom. The van der Waals surface area contributed by atoms with Crippen molar-refractivity contribution in [3.63, 3.8) is 0 Å². The van der Waals surface area contributed by atoms with Crippen LogP contribution >= 0.6 is 0 Å². The third kappa shape index (κ3) is 4.23. The van der Waals surface area contributed by atoms with E-state index in [0.717, 1.165) is 18.3 Å². The van der Waals surface area contributed by atoms with Crippen LogP contribution in [0.4, 0.5) is 0 Å². The van der Waals surface area contributed by atoms with Crippen molar-refractivity contribution in [2.24, 2.45) is 0 Å². The molecule has 3 heteroatoms. The maximum Gasteiger partial charge on any atom is 0.461 e. The lowest BCUT2D eigenvalue weighted by molar-refractivity contribution is 0.126. The second kappa shape index (κ2) is 5.52. The first kappa shape index (κ1) is 12.5. The van der Waals surface area contributed by atoms with Crippen LogP contribution in [-0.4, -0.2) is 19.3 Å². The third-order valence-corrected chi connectivity index (χ3v) is 2.41. The molecule has 15 heavy (non-hydrogen) atoms. The molecule has 0 aliphatic carbocycles.